The van der Waals surface area contributed by atoms with Crippen LogP contribution in [0.25, 0.3) is 0 Å². The Labute approximate surface area is 110 Å². The van der Waals surface area contributed by atoms with Crippen molar-refractivity contribution in [1.82, 2.24) is 0 Å². The standard InChI is InChI=1S/C15H24O3/c1-5-6-9-18-11-12(2)14-10-13(16-3)7-8-15(14)17-4/h7-8,10,12H,5-6,9,11H2,1-4H3. The summed E-state index contributed by atoms with van der Waals surface area (Å²) in [5, 5.41) is 0. The quantitative estimate of drug-likeness (QED) is 0.661. The predicted octanol–water partition coefficient (Wildman–Crippen LogP) is 3.62. The van der Waals surface area contributed by atoms with Gasteiger partial charge in [-0.1, -0.05) is 20.3 Å². The molecule has 1 aromatic rings. The topological polar surface area (TPSA) is 27.7 Å². The minimum Gasteiger partial charge on any atom is -0.497 e. The van der Waals surface area contributed by atoms with E-state index in [9.17, 15) is 0 Å². The minimum absolute atomic E-state index is 0.298. The average Bonchev–Trinajstić information content (AvgIpc) is 2.42. The van der Waals surface area contributed by atoms with Crippen molar-refractivity contribution in [3.8, 4) is 11.5 Å². The van der Waals surface area contributed by atoms with E-state index in [1.807, 2.05) is 18.2 Å². The minimum atomic E-state index is 0.298. The number of ether oxygens (including phenoxy) is 3. The molecule has 0 radical (unpaired) electrons. The van der Waals surface area contributed by atoms with Crippen LogP contribution >= 0.6 is 0 Å². The molecule has 0 aromatic heterocycles. The van der Waals surface area contributed by atoms with Crippen molar-refractivity contribution >= 4 is 0 Å². The van der Waals surface area contributed by atoms with Crippen molar-refractivity contribution in [3.05, 3.63) is 23.8 Å². The molecule has 1 atom stereocenters. The lowest BCUT2D eigenvalue weighted by Crippen LogP contribution is -2.07. The van der Waals surface area contributed by atoms with E-state index in [-0.39, 0.29) is 0 Å². The van der Waals surface area contributed by atoms with Gasteiger partial charge in [-0.2, -0.15) is 0 Å². The second kappa shape index (κ2) is 7.98. The summed E-state index contributed by atoms with van der Waals surface area (Å²) in [6.45, 7) is 5.85. The molecular weight excluding hydrogens is 228 g/mol. The van der Waals surface area contributed by atoms with E-state index in [1.165, 1.54) is 0 Å². The van der Waals surface area contributed by atoms with Gasteiger partial charge in [0.25, 0.3) is 0 Å². The average molecular weight is 252 g/mol. The molecule has 1 aromatic carbocycles. The Morgan fingerprint density at radius 3 is 2.56 bits per heavy atom. The van der Waals surface area contributed by atoms with Gasteiger partial charge < -0.3 is 14.2 Å². The molecule has 0 aliphatic rings. The summed E-state index contributed by atoms with van der Waals surface area (Å²) in [6, 6.07) is 5.87. The molecule has 0 N–H and O–H groups in total. The maximum absolute atomic E-state index is 5.67. The lowest BCUT2D eigenvalue weighted by atomic mass is 10.0. The van der Waals surface area contributed by atoms with Gasteiger partial charge in [-0.15, -0.1) is 0 Å². The zero-order valence-corrected chi connectivity index (χ0v) is 11.9. The van der Waals surface area contributed by atoms with Crippen molar-refractivity contribution in [3.63, 3.8) is 0 Å². The maximum Gasteiger partial charge on any atom is 0.122 e. The molecule has 3 nitrogen and oxygen atoms in total. The van der Waals surface area contributed by atoms with E-state index in [1.54, 1.807) is 14.2 Å². The molecule has 0 aliphatic carbocycles. The molecule has 0 spiro atoms. The Morgan fingerprint density at radius 1 is 1.17 bits per heavy atom. The summed E-state index contributed by atoms with van der Waals surface area (Å²) in [4.78, 5) is 0. The summed E-state index contributed by atoms with van der Waals surface area (Å²) in [5.41, 5.74) is 1.13. The lowest BCUT2D eigenvalue weighted by Gasteiger charge is -2.17. The summed E-state index contributed by atoms with van der Waals surface area (Å²) in [5.74, 6) is 2.04. The summed E-state index contributed by atoms with van der Waals surface area (Å²) >= 11 is 0. The van der Waals surface area contributed by atoms with Crippen LogP contribution in [0.1, 0.15) is 38.2 Å². The van der Waals surface area contributed by atoms with Crippen molar-refractivity contribution in [2.24, 2.45) is 0 Å². The molecular formula is C15H24O3. The van der Waals surface area contributed by atoms with E-state index in [2.05, 4.69) is 13.8 Å². The van der Waals surface area contributed by atoms with Gasteiger partial charge in [-0.05, 0) is 24.6 Å². The zero-order valence-electron chi connectivity index (χ0n) is 11.9. The molecule has 1 rings (SSSR count). The highest BCUT2D eigenvalue weighted by atomic mass is 16.5. The number of hydrogen-bond acceptors (Lipinski definition) is 3. The SMILES string of the molecule is CCCCOCC(C)c1cc(OC)ccc1OC. The van der Waals surface area contributed by atoms with Gasteiger partial charge in [0, 0.05) is 18.1 Å². The molecule has 0 saturated carbocycles. The third-order valence-corrected chi connectivity index (χ3v) is 2.98. The highest BCUT2D eigenvalue weighted by Gasteiger charge is 2.12. The molecule has 3 heteroatoms. The normalized spacial score (nSPS) is 12.2. The number of methoxy groups -OCH3 is 2. The van der Waals surface area contributed by atoms with Gasteiger partial charge in [0.2, 0.25) is 0 Å². The largest absolute Gasteiger partial charge is 0.497 e. The first-order valence-electron chi connectivity index (χ1n) is 6.52. The summed E-state index contributed by atoms with van der Waals surface area (Å²) in [7, 11) is 3.37. The molecule has 0 aliphatic heterocycles. The van der Waals surface area contributed by atoms with Crippen LogP contribution in [-0.2, 0) is 4.74 Å². The van der Waals surface area contributed by atoms with Crippen LogP contribution in [0, 0.1) is 0 Å². The summed E-state index contributed by atoms with van der Waals surface area (Å²) in [6.07, 6.45) is 2.28. The molecule has 0 bridgehead atoms. The first kappa shape index (κ1) is 14.8. The fourth-order valence-corrected chi connectivity index (χ4v) is 1.82. The highest BCUT2D eigenvalue weighted by Crippen LogP contribution is 2.30. The maximum atomic E-state index is 5.67. The number of rotatable bonds is 8. The van der Waals surface area contributed by atoms with Crippen LogP contribution in [-0.4, -0.2) is 27.4 Å². The van der Waals surface area contributed by atoms with Crippen LogP contribution in [0.3, 0.4) is 0 Å². The molecule has 0 fully saturated rings. The highest BCUT2D eigenvalue weighted by molar-refractivity contribution is 5.42. The molecule has 102 valence electrons. The predicted molar refractivity (Wildman–Crippen MR) is 73.7 cm³/mol. The van der Waals surface area contributed by atoms with E-state index in [0.29, 0.717) is 12.5 Å². The third-order valence-electron chi connectivity index (χ3n) is 2.98. The van der Waals surface area contributed by atoms with Gasteiger partial charge in [0.1, 0.15) is 11.5 Å². The second-order valence-corrected chi connectivity index (χ2v) is 4.44. The van der Waals surface area contributed by atoms with E-state index >= 15 is 0 Å². The number of hydrogen-bond donors (Lipinski definition) is 0. The first-order valence-corrected chi connectivity index (χ1v) is 6.52. The second-order valence-electron chi connectivity index (χ2n) is 4.44. The zero-order chi connectivity index (χ0) is 13.4. The van der Waals surface area contributed by atoms with Crippen molar-refractivity contribution < 1.29 is 14.2 Å². The molecule has 0 heterocycles. The number of unbranched alkanes of at least 4 members (excludes halogenated alkanes) is 1. The fraction of sp³-hybridized carbons (Fsp3) is 0.600. The lowest BCUT2D eigenvalue weighted by molar-refractivity contribution is 0.120. The smallest absolute Gasteiger partial charge is 0.122 e. The molecule has 1 unspecified atom stereocenters. The van der Waals surface area contributed by atoms with Gasteiger partial charge >= 0.3 is 0 Å². The van der Waals surface area contributed by atoms with E-state index < -0.39 is 0 Å². The third kappa shape index (κ3) is 4.22. The molecule has 18 heavy (non-hydrogen) atoms. The van der Waals surface area contributed by atoms with Crippen molar-refractivity contribution in [2.45, 2.75) is 32.6 Å². The van der Waals surface area contributed by atoms with Gasteiger partial charge in [-0.25, -0.2) is 0 Å². The van der Waals surface area contributed by atoms with Gasteiger partial charge in [-0.3, -0.25) is 0 Å². The Morgan fingerprint density at radius 2 is 1.94 bits per heavy atom. The Hall–Kier alpha value is -1.22. The Balaban J connectivity index is 2.66. The van der Waals surface area contributed by atoms with Crippen molar-refractivity contribution in [1.29, 1.82) is 0 Å². The van der Waals surface area contributed by atoms with E-state index in [4.69, 9.17) is 14.2 Å². The monoisotopic (exact) mass is 252 g/mol. The first-order chi connectivity index (χ1) is 8.72. The number of benzene rings is 1. The van der Waals surface area contributed by atoms with Crippen LogP contribution in [0.15, 0.2) is 18.2 Å². The van der Waals surface area contributed by atoms with Gasteiger partial charge in [0.15, 0.2) is 0 Å². The van der Waals surface area contributed by atoms with Crippen LogP contribution < -0.4 is 9.47 Å². The van der Waals surface area contributed by atoms with Crippen molar-refractivity contribution in [2.75, 3.05) is 27.4 Å². The van der Waals surface area contributed by atoms with E-state index in [0.717, 1.165) is 36.5 Å². The Bertz CT molecular complexity index is 350. The fourth-order valence-electron chi connectivity index (χ4n) is 1.82. The van der Waals surface area contributed by atoms with Crippen LogP contribution in [0.2, 0.25) is 0 Å². The van der Waals surface area contributed by atoms with Gasteiger partial charge in [0.05, 0.1) is 20.8 Å². The molecule has 0 amide bonds. The van der Waals surface area contributed by atoms with Crippen LogP contribution in [0.5, 0.6) is 11.5 Å². The summed E-state index contributed by atoms with van der Waals surface area (Å²) < 4.78 is 16.3. The Kier molecular flexibility index (Phi) is 6.58. The molecule has 0 saturated heterocycles. The van der Waals surface area contributed by atoms with Crippen LogP contribution in [0.4, 0.5) is 0 Å².